The number of hydrogen-bond acceptors (Lipinski definition) is 10. The van der Waals surface area contributed by atoms with Gasteiger partial charge in [-0.15, -0.1) is 0 Å². The van der Waals surface area contributed by atoms with E-state index in [2.05, 4.69) is 9.62 Å². The van der Waals surface area contributed by atoms with Crippen LogP contribution in [0.2, 0.25) is 0 Å². The van der Waals surface area contributed by atoms with Gasteiger partial charge in [-0.3, -0.25) is 18.8 Å². The van der Waals surface area contributed by atoms with E-state index in [0.29, 0.717) is 47.2 Å². The van der Waals surface area contributed by atoms with Crippen molar-refractivity contribution < 1.29 is 36.8 Å². The lowest BCUT2D eigenvalue weighted by atomic mass is 10.2. The molecular formula is C34H44N4O9S. The van der Waals surface area contributed by atoms with Crippen LogP contribution >= 0.6 is 0 Å². The van der Waals surface area contributed by atoms with Gasteiger partial charge in [-0.05, 0) is 44.0 Å². The Bertz CT molecular complexity index is 1880. The first kappa shape index (κ1) is 34.9. The van der Waals surface area contributed by atoms with Gasteiger partial charge in [0, 0.05) is 57.5 Å². The Morgan fingerprint density at radius 2 is 1.44 bits per heavy atom. The maximum absolute atomic E-state index is 13.7. The van der Waals surface area contributed by atoms with E-state index in [-0.39, 0.29) is 27.8 Å². The maximum Gasteiger partial charge on any atom is 0.328 e. The molecule has 3 aromatic carbocycles. The summed E-state index contributed by atoms with van der Waals surface area (Å²) in [6.07, 6.45) is 2.67. The second-order valence-electron chi connectivity index (χ2n) is 11.5. The van der Waals surface area contributed by atoms with Gasteiger partial charge in [0.2, 0.25) is 0 Å². The molecule has 0 aliphatic carbocycles. The van der Waals surface area contributed by atoms with Gasteiger partial charge in [0.05, 0.1) is 62.3 Å². The van der Waals surface area contributed by atoms with Gasteiger partial charge >= 0.3 is 5.69 Å². The van der Waals surface area contributed by atoms with Gasteiger partial charge in [0.1, 0.15) is 17.2 Å². The van der Waals surface area contributed by atoms with Crippen molar-refractivity contribution in [1.29, 1.82) is 0 Å². The van der Waals surface area contributed by atoms with Crippen LogP contribution in [0.25, 0.3) is 11.0 Å². The highest BCUT2D eigenvalue weighted by Crippen LogP contribution is 2.38. The monoisotopic (exact) mass is 684 g/mol. The van der Waals surface area contributed by atoms with Crippen molar-refractivity contribution >= 4 is 26.7 Å². The molecule has 0 bridgehead atoms. The summed E-state index contributed by atoms with van der Waals surface area (Å²) in [6.45, 7) is 7.47. The zero-order chi connectivity index (χ0) is 34.3. The predicted molar refractivity (Wildman–Crippen MR) is 183 cm³/mol. The number of aromatic nitrogens is 2. The summed E-state index contributed by atoms with van der Waals surface area (Å²) in [5, 5.41) is 0. The Labute approximate surface area is 280 Å². The number of ether oxygens (including phenoxy) is 6. The number of methoxy groups -OCH3 is 2. The molecule has 5 rings (SSSR count). The van der Waals surface area contributed by atoms with Crippen molar-refractivity contribution in [2.24, 2.45) is 14.1 Å². The molecule has 1 aliphatic rings. The molecule has 13 nitrogen and oxygen atoms in total. The second-order valence-corrected chi connectivity index (χ2v) is 13.1. The first-order chi connectivity index (χ1) is 23.1. The maximum atomic E-state index is 13.7. The molecule has 0 unspecified atom stereocenters. The van der Waals surface area contributed by atoms with Crippen molar-refractivity contribution in [1.82, 2.24) is 14.0 Å². The summed E-state index contributed by atoms with van der Waals surface area (Å²) in [7, 11) is 2.02. The van der Waals surface area contributed by atoms with Gasteiger partial charge in [-0.25, -0.2) is 13.2 Å². The minimum absolute atomic E-state index is 0.0487. The van der Waals surface area contributed by atoms with E-state index >= 15 is 0 Å². The number of anilines is 1. The van der Waals surface area contributed by atoms with Crippen LogP contribution in [0, 0.1) is 0 Å². The van der Waals surface area contributed by atoms with Gasteiger partial charge in [0.15, 0.2) is 17.2 Å². The number of aryl methyl sites for hydroxylation is 2. The minimum atomic E-state index is -4.14. The van der Waals surface area contributed by atoms with E-state index in [9.17, 15) is 13.2 Å². The topological polar surface area (TPSA) is 132 Å². The molecule has 1 aliphatic heterocycles. The number of nitrogens with one attached hydrogen (secondary N) is 1. The quantitative estimate of drug-likeness (QED) is 0.165. The number of fused-ring (bicyclic) bond motifs is 1. The number of unbranched alkanes of at least 4 members (excludes halogenated alkanes) is 1. The first-order valence-electron chi connectivity index (χ1n) is 16.0. The van der Waals surface area contributed by atoms with Crippen molar-refractivity contribution in [3.63, 3.8) is 0 Å². The van der Waals surface area contributed by atoms with Gasteiger partial charge in [-0.1, -0.05) is 6.92 Å². The van der Waals surface area contributed by atoms with E-state index in [0.717, 1.165) is 52.1 Å². The number of hydrogen-bond donors (Lipinski definition) is 1. The minimum Gasteiger partial charge on any atom is -0.493 e. The normalized spacial score (nSPS) is 13.8. The van der Waals surface area contributed by atoms with Gasteiger partial charge in [-0.2, -0.15) is 0 Å². The summed E-state index contributed by atoms with van der Waals surface area (Å²) < 4.78 is 67.4. The Morgan fingerprint density at radius 3 is 2.10 bits per heavy atom. The van der Waals surface area contributed by atoms with Crippen molar-refractivity contribution in [3.05, 3.63) is 59.0 Å². The Balaban J connectivity index is 1.44. The Hall–Kier alpha value is -4.40. The molecule has 2 heterocycles. The molecule has 48 heavy (non-hydrogen) atoms. The number of sulfonamides is 1. The van der Waals surface area contributed by atoms with Crippen LogP contribution in [-0.4, -0.2) is 82.7 Å². The molecule has 14 heteroatoms. The fraction of sp³-hybridized carbons (Fsp3) is 0.441. The second kappa shape index (κ2) is 15.7. The third-order valence-electron chi connectivity index (χ3n) is 8.08. The highest BCUT2D eigenvalue weighted by Gasteiger charge is 2.22. The predicted octanol–water partition coefficient (Wildman–Crippen LogP) is 4.77. The number of imidazole rings is 1. The fourth-order valence-corrected chi connectivity index (χ4v) is 6.52. The van der Waals surface area contributed by atoms with Crippen LogP contribution in [0.3, 0.4) is 0 Å². The lowest BCUT2D eigenvalue weighted by molar-refractivity contribution is 0.0368. The smallest absolute Gasteiger partial charge is 0.328 e. The van der Waals surface area contributed by atoms with Crippen LogP contribution in [0.5, 0.6) is 34.5 Å². The average Bonchev–Trinajstić information content (AvgIpc) is 3.29. The van der Waals surface area contributed by atoms with E-state index in [1.54, 1.807) is 38.4 Å². The highest BCUT2D eigenvalue weighted by atomic mass is 32.2. The zero-order valence-corrected chi connectivity index (χ0v) is 28.9. The number of rotatable bonds is 16. The van der Waals surface area contributed by atoms with Crippen molar-refractivity contribution in [2.75, 3.05) is 65.0 Å². The molecule has 1 N–H and O–H groups in total. The van der Waals surface area contributed by atoms with Gasteiger partial charge < -0.3 is 28.4 Å². The summed E-state index contributed by atoms with van der Waals surface area (Å²) in [5.74, 6) is 2.32. The van der Waals surface area contributed by atoms with Gasteiger partial charge in [0.25, 0.3) is 10.0 Å². The van der Waals surface area contributed by atoms with Crippen LogP contribution < -0.4 is 34.1 Å². The lowest BCUT2D eigenvalue weighted by Gasteiger charge is -2.26. The standard InChI is InChI=1S/C34H44N4O9S/c1-6-14-45-24-18-25(46-15-8-7-11-38-12-16-44-17-13-38)20-26(19-24)47-32-23-30-29(36(2)34(39)37(30)3)22-28(32)35-48(40,41)27-9-10-31(42-4)33(21-27)43-5/h9-10,18-23,35H,6-8,11-17H2,1-5H3. The molecule has 4 aromatic rings. The number of nitrogens with zero attached hydrogens (tertiary/aromatic N) is 3. The van der Waals surface area contributed by atoms with Crippen LogP contribution in [0.15, 0.2) is 58.2 Å². The summed E-state index contributed by atoms with van der Waals surface area (Å²) in [4.78, 5) is 15.2. The SMILES string of the molecule is CCCOc1cc(OCCCCN2CCOCC2)cc(Oc2cc3c(cc2NS(=O)(=O)c2ccc(OC)c(OC)c2)n(C)c(=O)n3C)c1. The molecule has 0 radical (unpaired) electrons. The fourth-order valence-electron chi connectivity index (χ4n) is 5.45. The lowest BCUT2D eigenvalue weighted by Crippen LogP contribution is -2.36. The molecule has 1 saturated heterocycles. The molecule has 1 aromatic heterocycles. The van der Waals surface area contributed by atoms with Crippen molar-refractivity contribution in [2.45, 2.75) is 31.1 Å². The van der Waals surface area contributed by atoms with E-state index < -0.39 is 10.0 Å². The largest absolute Gasteiger partial charge is 0.493 e. The molecule has 260 valence electrons. The third-order valence-corrected chi connectivity index (χ3v) is 9.44. The molecule has 0 spiro atoms. The molecular weight excluding hydrogens is 640 g/mol. The summed E-state index contributed by atoms with van der Waals surface area (Å²) in [5.41, 5.74) is 0.932. The van der Waals surface area contributed by atoms with Crippen LogP contribution in [0.4, 0.5) is 5.69 Å². The zero-order valence-electron chi connectivity index (χ0n) is 28.1. The summed E-state index contributed by atoms with van der Waals surface area (Å²) >= 11 is 0. The number of morpholine rings is 1. The van der Waals surface area contributed by atoms with E-state index in [1.165, 1.54) is 41.6 Å². The van der Waals surface area contributed by atoms with E-state index in [4.69, 9.17) is 28.4 Å². The summed E-state index contributed by atoms with van der Waals surface area (Å²) in [6, 6.07) is 12.8. The highest BCUT2D eigenvalue weighted by molar-refractivity contribution is 7.92. The Kier molecular flexibility index (Phi) is 11.4. The molecule has 1 fully saturated rings. The Morgan fingerprint density at radius 1 is 0.792 bits per heavy atom. The van der Waals surface area contributed by atoms with Crippen molar-refractivity contribution in [3.8, 4) is 34.5 Å². The molecule has 0 saturated carbocycles. The molecule has 0 atom stereocenters. The molecule has 0 amide bonds. The third kappa shape index (κ3) is 8.17. The van der Waals surface area contributed by atoms with Crippen LogP contribution in [-0.2, 0) is 28.9 Å². The van der Waals surface area contributed by atoms with Crippen LogP contribution in [0.1, 0.15) is 26.2 Å². The van der Waals surface area contributed by atoms with E-state index in [1.807, 2.05) is 13.0 Å². The first-order valence-corrected chi connectivity index (χ1v) is 17.4. The average molecular weight is 685 g/mol. The number of benzene rings is 3.